The van der Waals surface area contributed by atoms with Crippen LogP contribution in [0.3, 0.4) is 0 Å². The first kappa shape index (κ1) is 23.3. The van der Waals surface area contributed by atoms with Crippen LogP contribution in [-0.2, 0) is 24.2 Å². The number of aliphatic hydroxyl groups is 1. The molecular formula is C27H27BrO5. The van der Waals surface area contributed by atoms with Crippen LogP contribution in [0.1, 0.15) is 36.0 Å². The van der Waals surface area contributed by atoms with E-state index in [1.807, 2.05) is 66.7 Å². The van der Waals surface area contributed by atoms with Crippen LogP contribution >= 0.6 is 15.9 Å². The number of benzene rings is 3. The Morgan fingerprint density at radius 2 is 1.76 bits per heavy atom. The van der Waals surface area contributed by atoms with E-state index in [1.165, 1.54) is 0 Å². The largest absolute Gasteiger partial charge is 0.485 e. The normalized spacial score (nSPS) is 13.0. The van der Waals surface area contributed by atoms with Crippen molar-refractivity contribution in [2.45, 2.75) is 44.8 Å². The van der Waals surface area contributed by atoms with E-state index in [0.717, 1.165) is 27.6 Å². The Morgan fingerprint density at radius 1 is 0.970 bits per heavy atom. The summed E-state index contributed by atoms with van der Waals surface area (Å²) in [5.74, 6) is 1.90. The number of carbonyl (C=O) groups excluding carboxylic acids is 1. The third-order valence-corrected chi connectivity index (χ3v) is 6.10. The van der Waals surface area contributed by atoms with Crippen molar-refractivity contribution >= 4 is 21.7 Å². The average Bonchev–Trinajstić information content (AvgIpc) is 3.30. The minimum Gasteiger partial charge on any atom is -0.485 e. The second kappa shape index (κ2) is 11.3. The molecule has 1 atom stereocenters. The van der Waals surface area contributed by atoms with Gasteiger partial charge in [0.15, 0.2) is 11.5 Å². The Balaban J connectivity index is 1.29. The van der Waals surface area contributed by atoms with Crippen molar-refractivity contribution in [1.29, 1.82) is 0 Å². The van der Waals surface area contributed by atoms with Gasteiger partial charge < -0.3 is 19.3 Å². The molecule has 0 spiro atoms. The molecule has 1 aliphatic heterocycles. The van der Waals surface area contributed by atoms with E-state index in [1.54, 1.807) is 0 Å². The van der Waals surface area contributed by atoms with E-state index in [2.05, 4.69) is 15.9 Å². The second-order valence-corrected chi connectivity index (χ2v) is 9.08. The predicted molar refractivity (Wildman–Crippen MR) is 130 cm³/mol. The van der Waals surface area contributed by atoms with E-state index in [-0.39, 0.29) is 19.0 Å². The van der Waals surface area contributed by atoms with Crippen LogP contribution in [0.2, 0.25) is 0 Å². The highest BCUT2D eigenvalue weighted by Gasteiger charge is 2.21. The molecule has 0 saturated carbocycles. The second-order valence-electron chi connectivity index (χ2n) is 8.16. The van der Waals surface area contributed by atoms with Crippen molar-refractivity contribution in [3.63, 3.8) is 0 Å². The van der Waals surface area contributed by atoms with E-state index >= 15 is 0 Å². The standard InChI is InChI=1S/C27H27BrO5/c28-22-10-6-19(7-11-22)8-12-23(29)16-24(30)13-9-21-14-25(27-26(15-21)32-18-33-27)31-17-20-4-2-1-3-5-20/h1-7,10-11,14-15,23,29H,8-9,12-13,16-18H2. The molecular weight excluding hydrogens is 484 g/mol. The van der Waals surface area contributed by atoms with Crippen molar-refractivity contribution in [3.05, 3.63) is 87.9 Å². The highest BCUT2D eigenvalue weighted by Crippen LogP contribution is 2.42. The van der Waals surface area contributed by atoms with Crippen LogP contribution in [0.15, 0.2) is 71.2 Å². The maximum atomic E-state index is 12.5. The van der Waals surface area contributed by atoms with Gasteiger partial charge in [-0.2, -0.15) is 0 Å². The summed E-state index contributed by atoms with van der Waals surface area (Å²) in [6, 6.07) is 21.7. The SMILES string of the molecule is O=C(CCc1cc2c(c(OCc3ccccc3)c1)OCO2)CC(O)CCc1ccc(Br)cc1. The molecule has 0 fully saturated rings. The van der Waals surface area contributed by atoms with E-state index in [0.29, 0.717) is 43.1 Å². The highest BCUT2D eigenvalue weighted by molar-refractivity contribution is 9.10. The molecule has 0 radical (unpaired) electrons. The molecule has 5 nitrogen and oxygen atoms in total. The van der Waals surface area contributed by atoms with E-state index in [9.17, 15) is 9.90 Å². The first-order valence-electron chi connectivity index (χ1n) is 11.1. The lowest BCUT2D eigenvalue weighted by molar-refractivity contribution is -0.121. The number of ether oxygens (including phenoxy) is 3. The van der Waals surface area contributed by atoms with E-state index < -0.39 is 6.10 Å². The number of ketones is 1. The molecule has 1 N–H and O–H groups in total. The van der Waals surface area contributed by atoms with Gasteiger partial charge in [-0.25, -0.2) is 0 Å². The first-order valence-corrected chi connectivity index (χ1v) is 11.9. The number of hydrogen-bond acceptors (Lipinski definition) is 5. The summed E-state index contributed by atoms with van der Waals surface area (Å²) in [6.07, 6.45) is 1.74. The summed E-state index contributed by atoms with van der Waals surface area (Å²) < 4.78 is 18.1. The molecule has 0 aliphatic carbocycles. The van der Waals surface area contributed by atoms with Gasteiger partial charge in [0.05, 0.1) is 6.10 Å². The Bertz CT molecular complexity index is 1070. The minimum absolute atomic E-state index is 0.0442. The molecule has 1 unspecified atom stereocenters. The molecule has 0 amide bonds. The fourth-order valence-corrected chi connectivity index (χ4v) is 4.02. The monoisotopic (exact) mass is 510 g/mol. The Hall–Kier alpha value is -2.83. The molecule has 3 aromatic carbocycles. The number of rotatable bonds is 11. The summed E-state index contributed by atoms with van der Waals surface area (Å²) in [4.78, 5) is 12.5. The quantitative estimate of drug-likeness (QED) is 0.361. The number of aryl methyl sites for hydroxylation is 2. The third kappa shape index (κ3) is 6.83. The van der Waals surface area contributed by atoms with Crippen molar-refractivity contribution in [3.8, 4) is 17.2 Å². The average molecular weight is 511 g/mol. The maximum Gasteiger partial charge on any atom is 0.231 e. The zero-order valence-electron chi connectivity index (χ0n) is 18.3. The molecule has 4 rings (SSSR count). The Labute approximate surface area is 202 Å². The lowest BCUT2D eigenvalue weighted by Crippen LogP contribution is -2.15. The molecule has 33 heavy (non-hydrogen) atoms. The van der Waals surface area contributed by atoms with Gasteiger partial charge in [0.25, 0.3) is 0 Å². The van der Waals surface area contributed by atoms with Gasteiger partial charge in [0.2, 0.25) is 12.5 Å². The highest BCUT2D eigenvalue weighted by atomic mass is 79.9. The van der Waals surface area contributed by atoms with E-state index in [4.69, 9.17) is 14.2 Å². The van der Waals surface area contributed by atoms with Crippen LogP contribution in [0.4, 0.5) is 0 Å². The van der Waals surface area contributed by atoms with Gasteiger partial charge in [0.1, 0.15) is 12.4 Å². The predicted octanol–water partition coefficient (Wildman–Crippen LogP) is 5.64. The zero-order valence-corrected chi connectivity index (χ0v) is 19.9. The molecule has 1 aliphatic rings. The molecule has 0 aromatic heterocycles. The molecule has 1 heterocycles. The first-order chi connectivity index (χ1) is 16.1. The van der Waals surface area contributed by atoms with Crippen LogP contribution in [-0.4, -0.2) is 23.8 Å². The van der Waals surface area contributed by atoms with Crippen LogP contribution in [0.25, 0.3) is 0 Å². The van der Waals surface area contributed by atoms with Gasteiger partial charge in [-0.1, -0.05) is 58.4 Å². The lowest BCUT2D eigenvalue weighted by atomic mass is 10.00. The number of fused-ring (bicyclic) bond motifs is 1. The summed E-state index contributed by atoms with van der Waals surface area (Å²) in [5.41, 5.74) is 3.15. The van der Waals surface area contributed by atoms with Crippen LogP contribution in [0, 0.1) is 0 Å². The van der Waals surface area contributed by atoms with Crippen LogP contribution in [0.5, 0.6) is 17.2 Å². The molecule has 3 aromatic rings. The van der Waals surface area contributed by atoms with Crippen molar-refractivity contribution < 1.29 is 24.1 Å². The Kier molecular flexibility index (Phi) is 8.02. The zero-order chi connectivity index (χ0) is 23.0. The third-order valence-electron chi connectivity index (χ3n) is 5.57. The summed E-state index contributed by atoms with van der Waals surface area (Å²) >= 11 is 3.42. The number of Topliss-reactive ketones (excluding diaryl/α,β-unsaturated/α-hetero) is 1. The molecule has 172 valence electrons. The van der Waals surface area contributed by atoms with Gasteiger partial charge in [-0.3, -0.25) is 4.79 Å². The molecule has 0 bridgehead atoms. The minimum atomic E-state index is -0.636. The molecule has 0 saturated heterocycles. The van der Waals surface area contributed by atoms with Gasteiger partial charge in [0, 0.05) is 17.3 Å². The van der Waals surface area contributed by atoms with Gasteiger partial charge >= 0.3 is 0 Å². The smallest absolute Gasteiger partial charge is 0.231 e. The number of aliphatic hydroxyl groups excluding tert-OH is 1. The van der Waals surface area contributed by atoms with Gasteiger partial charge in [-0.15, -0.1) is 0 Å². The lowest BCUT2D eigenvalue weighted by Gasteiger charge is -2.12. The van der Waals surface area contributed by atoms with Crippen molar-refractivity contribution in [2.75, 3.05) is 6.79 Å². The summed E-state index contributed by atoms with van der Waals surface area (Å²) in [6.45, 7) is 0.577. The fraction of sp³-hybridized carbons (Fsp3) is 0.296. The van der Waals surface area contributed by atoms with Crippen molar-refractivity contribution in [1.82, 2.24) is 0 Å². The number of carbonyl (C=O) groups is 1. The Morgan fingerprint density at radius 3 is 2.55 bits per heavy atom. The number of hydrogen-bond donors (Lipinski definition) is 1. The number of halogens is 1. The summed E-state index contributed by atoms with van der Waals surface area (Å²) in [5, 5.41) is 10.3. The van der Waals surface area contributed by atoms with Crippen LogP contribution < -0.4 is 14.2 Å². The fourth-order valence-electron chi connectivity index (χ4n) is 3.75. The molecule has 6 heteroatoms. The topological polar surface area (TPSA) is 65.0 Å². The van der Waals surface area contributed by atoms with Gasteiger partial charge in [-0.05, 0) is 60.2 Å². The maximum absolute atomic E-state index is 12.5. The summed E-state index contributed by atoms with van der Waals surface area (Å²) in [7, 11) is 0. The van der Waals surface area contributed by atoms with Crippen molar-refractivity contribution in [2.24, 2.45) is 0 Å².